The van der Waals surface area contributed by atoms with Crippen LogP contribution in [-0.4, -0.2) is 38.7 Å². The topological polar surface area (TPSA) is 80.0 Å². The third kappa shape index (κ3) is 3.39. The van der Waals surface area contributed by atoms with Gasteiger partial charge in [-0.25, -0.2) is 4.68 Å². The highest BCUT2D eigenvalue weighted by molar-refractivity contribution is 5.97. The summed E-state index contributed by atoms with van der Waals surface area (Å²) >= 11 is 0. The number of benzene rings is 1. The van der Waals surface area contributed by atoms with E-state index in [4.69, 9.17) is 5.11 Å². The minimum atomic E-state index is -0.143. The lowest BCUT2D eigenvalue weighted by molar-refractivity contribution is 0.0916. The molecule has 1 aromatic carbocycles. The van der Waals surface area contributed by atoms with Crippen molar-refractivity contribution in [3.8, 4) is 0 Å². The van der Waals surface area contributed by atoms with Crippen molar-refractivity contribution in [2.24, 2.45) is 5.92 Å². The van der Waals surface area contributed by atoms with E-state index in [0.29, 0.717) is 17.5 Å². The Morgan fingerprint density at radius 1 is 1.43 bits per heavy atom. The molecule has 0 spiro atoms. The van der Waals surface area contributed by atoms with Crippen LogP contribution in [0.1, 0.15) is 37.6 Å². The first-order chi connectivity index (χ1) is 10.1. The van der Waals surface area contributed by atoms with Gasteiger partial charge in [-0.05, 0) is 37.5 Å². The zero-order chi connectivity index (χ0) is 15.4. The highest BCUT2D eigenvalue weighted by Crippen LogP contribution is 2.14. The predicted molar refractivity (Wildman–Crippen MR) is 81.0 cm³/mol. The van der Waals surface area contributed by atoms with Crippen molar-refractivity contribution in [1.82, 2.24) is 20.3 Å². The van der Waals surface area contributed by atoms with Crippen LogP contribution in [0, 0.1) is 5.92 Å². The minimum Gasteiger partial charge on any atom is -0.396 e. The number of hydrogen-bond donors (Lipinski definition) is 2. The minimum absolute atomic E-state index is 0.0375. The van der Waals surface area contributed by atoms with Gasteiger partial charge in [-0.15, -0.1) is 5.10 Å². The molecule has 114 valence electrons. The number of carbonyl (C=O) groups is 1. The number of hydrogen-bond acceptors (Lipinski definition) is 4. The predicted octanol–water partition coefficient (Wildman–Crippen LogP) is 1.59. The molecule has 1 unspecified atom stereocenters. The number of carbonyl (C=O) groups excluding carboxylic acids is 1. The highest BCUT2D eigenvalue weighted by Gasteiger charge is 2.17. The van der Waals surface area contributed by atoms with E-state index in [1.165, 1.54) is 0 Å². The quantitative estimate of drug-likeness (QED) is 0.846. The SMILES string of the molecule is CCn1nnc2cc(C(=O)NC(CCO)C(C)C)ccc21. The van der Waals surface area contributed by atoms with E-state index in [9.17, 15) is 4.79 Å². The molecule has 0 saturated heterocycles. The molecule has 6 nitrogen and oxygen atoms in total. The summed E-state index contributed by atoms with van der Waals surface area (Å²) in [7, 11) is 0. The lowest BCUT2D eigenvalue weighted by Crippen LogP contribution is -2.39. The van der Waals surface area contributed by atoms with Crippen molar-refractivity contribution in [2.75, 3.05) is 6.61 Å². The van der Waals surface area contributed by atoms with Crippen LogP contribution in [-0.2, 0) is 6.54 Å². The monoisotopic (exact) mass is 290 g/mol. The Bertz CT molecular complexity index is 621. The molecule has 1 amide bonds. The fourth-order valence-electron chi connectivity index (χ4n) is 2.31. The first kappa shape index (κ1) is 15.4. The molecule has 1 atom stereocenters. The van der Waals surface area contributed by atoms with Crippen LogP contribution in [0.2, 0.25) is 0 Å². The number of nitrogens with one attached hydrogen (secondary N) is 1. The number of aliphatic hydroxyl groups is 1. The van der Waals surface area contributed by atoms with Crippen molar-refractivity contribution in [3.05, 3.63) is 23.8 Å². The average Bonchev–Trinajstić information content (AvgIpc) is 2.88. The van der Waals surface area contributed by atoms with Crippen LogP contribution in [0.3, 0.4) is 0 Å². The Kier molecular flexibility index (Phi) is 4.90. The second-order valence-corrected chi connectivity index (χ2v) is 5.44. The van der Waals surface area contributed by atoms with Gasteiger partial charge >= 0.3 is 0 Å². The highest BCUT2D eigenvalue weighted by atomic mass is 16.3. The Morgan fingerprint density at radius 3 is 2.81 bits per heavy atom. The number of fused-ring (bicyclic) bond motifs is 1. The Hall–Kier alpha value is -1.95. The van der Waals surface area contributed by atoms with Crippen molar-refractivity contribution in [2.45, 2.75) is 39.8 Å². The van der Waals surface area contributed by atoms with Crippen LogP contribution in [0.5, 0.6) is 0 Å². The first-order valence-electron chi connectivity index (χ1n) is 7.31. The van der Waals surface area contributed by atoms with E-state index in [2.05, 4.69) is 15.6 Å². The van der Waals surface area contributed by atoms with E-state index in [0.717, 1.165) is 12.1 Å². The summed E-state index contributed by atoms with van der Waals surface area (Å²) in [5.41, 5.74) is 2.20. The molecule has 0 bridgehead atoms. The fraction of sp³-hybridized carbons (Fsp3) is 0.533. The molecule has 2 aromatic rings. The van der Waals surface area contributed by atoms with Crippen LogP contribution in [0.4, 0.5) is 0 Å². The van der Waals surface area contributed by atoms with Gasteiger partial charge in [-0.1, -0.05) is 19.1 Å². The fourth-order valence-corrected chi connectivity index (χ4v) is 2.31. The second kappa shape index (κ2) is 6.67. The third-order valence-electron chi connectivity index (χ3n) is 3.64. The summed E-state index contributed by atoms with van der Waals surface area (Å²) in [6.07, 6.45) is 0.553. The summed E-state index contributed by atoms with van der Waals surface area (Å²) in [5.74, 6) is 0.126. The zero-order valence-corrected chi connectivity index (χ0v) is 12.7. The van der Waals surface area contributed by atoms with Crippen LogP contribution in [0.25, 0.3) is 11.0 Å². The van der Waals surface area contributed by atoms with E-state index >= 15 is 0 Å². The summed E-state index contributed by atoms with van der Waals surface area (Å²) < 4.78 is 1.79. The normalized spacial score (nSPS) is 12.8. The van der Waals surface area contributed by atoms with Gasteiger partial charge in [-0.2, -0.15) is 0 Å². The number of nitrogens with zero attached hydrogens (tertiary/aromatic N) is 3. The van der Waals surface area contributed by atoms with Crippen molar-refractivity contribution in [3.63, 3.8) is 0 Å². The Balaban J connectivity index is 2.19. The summed E-state index contributed by atoms with van der Waals surface area (Å²) in [6, 6.07) is 5.36. The number of rotatable bonds is 6. The molecule has 0 aliphatic heterocycles. The van der Waals surface area contributed by atoms with Crippen molar-refractivity contribution in [1.29, 1.82) is 0 Å². The van der Waals surface area contributed by atoms with E-state index in [1.807, 2.05) is 26.8 Å². The van der Waals surface area contributed by atoms with Crippen LogP contribution in [0.15, 0.2) is 18.2 Å². The van der Waals surface area contributed by atoms with Crippen molar-refractivity contribution < 1.29 is 9.90 Å². The van der Waals surface area contributed by atoms with Gasteiger partial charge in [0, 0.05) is 24.8 Å². The smallest absolute Gasteiger partial charge is 0.251 e. The summed E-state index contributed by atoms with van der Waals surface area (Å²) in [4.78, 5) is 12.3. The standard InChI is InChI=1S/C15H22N4O2/c1-4-19-14-6-5-11(9-13(14)17-18-19)15(21)16-12(7-8-20)10(2)3/h5-6,9-10,12,20H,4,7-8H2,1-3H3,(H,16,21). The van der Waals surface area contributed by atoms with Crippen LogP contribution < -0.4 is 5.32 Å². The molecule has 2 N–H and O–H groups in total. The van der Waals surface area contributed by atoms with Gasteiger partial charge in [0.15, 0.2) is 0 Å². The van der Waals surface area contributed by atoms with Gasteiger partial charge in [-0.3, -0.25) is 4.79 Å². The number of amides is 1. The lowest BCUT2D eigenvalue weighted by atomic mass is 10.0. The largest absolute Gasteiger partial charge is 0.396 e. The molecule has 0 fully saturated rings. The lowest BCUT2D eigenvalue weighted by Gasteiger charge is -2.21. The maximum absolute atomic E-state index is 12.3. The Labute approximate surface area is 124 Å². The molecule has 1 heterocycles. The van der Waals surface area contributed by atoms with Gasteiger partial charge < -0.3 is 10.4 Å². The molecule has 0 saturated carbocycles. The first-order valence-corrected chi connectivity index (χ1v) is 7.31. The molecule has 2 rings (SSSR count). The van der Waals surface area contributed by atoms with E-state index < -0.39 is 0 Å². The average molecular weight is 290 g/mol. The van der Waals surface area contributed by atoms with Crippen molar-refractivity contribution >= 4 is 16.9 Å². The van der Waals surface area contributed by atoms with Gasteiger partial charge in [0.2, 0.25) is 0 Å². The number of aryl methyl sites for hydroxylation is 1. The molecule has 6 heteroatoms. The molecule has 21 heavy (non-hydrogen) atoms. The van der Waals surface area contributed by atoms with Gasteiger partial charge in [0.1, 0.15) is 5.52 Å². The molecule has 0 radical (unpaired) electrons. The van der Waals surface area contributed by atoms with Gasteiger partial charge in [0.25, 0.3) is 5.91 Å². The molecular formula is C15H22N4O2. The third-order valence-corrected chi connectivity index (χ3v) is 3.64. The zero-order valence-electron chi connectivity index (χ0n) is 12.7. The molecule has 1 aromatic heterocycles. The van der Waals surface area contributed by atoms with Gasteiger partial charge in [0.05, 0.1) is 5.52 Å². The number of aromatic nitrogens is 3. The Morgan fingerprint density at radius 2 is 2.19 bits per heavy atom. The number of aliphatic hydroxyl groups excluding tert-OH is 1. The maximum atomic E-state index is 12.3. The maximum Gasteiger partial charge on any atom is 0.251 e. The molecule has 0 aliphatic carbocycles. The second-order valence-electron chi connectivity index (χ2n) is 5.44. The molecular weight excluding hydrogens is 268 g/mol. The van der Waals surface area contributed by atoms with Crippen LogP contribution >= 0.6 is 0 Å². The summed E-state index contributed by atoms with van der Waals surface area (Å²) in [5, 5.41) is 20.1. The summed E-state index contributed by atoms with van der Waals surface area (Å²) in [6.45, 7) is 6.85. The van der Waals surface area contributed by atoms with E-state index in [1.54, 1.807) is 16.8 Å². The van der Waals surface area contributed by atoms with E-state index in [-0.39, 0.29) is 24.5 Å². The molecule has 0 aliphatic rings.